The summed E-state index contributed by atoms with van der Waals surface area (Å²) in [6, 6.07) is 0. The Morgan fingerprint density at radius 2 is 2.13 bits per heavy atom. The van der Waals surface area contributed by atoms with E-state index in [0.717, 1.165) is 22.3 Å². The smallest absolute Gasteiger partial charge is 0.117 e. The van der Waals surface area contributed by atoms with Crippen LogP contribution in [0.4, 0.5) is 5.69 Å². The molecule has 15 heavy (non-hydrogen) atoms. The summed E-state index contributed by atoms with van der Waals surface area (Å²) in [7, 11) is 1.97. The maximum atomic E-state index is 5.98. The molecule has 1 saturated carbocycles. The third-order valence-corrected chi connectivity index (χ3v) is 4.54. The zero-order valence-electron chi connectivity index (χ0n) is 9.49. The SMILES string of the molecule is Cc1nn(C)c(SCC2CCCC2)c1N. The number of nitrogens with zero attached hydrogens (tertiary/aromatic N) is 2. The molecule has 0 aliphatic heterocycles. The standard InChI is InChI=1S/C11H19N3S/c1-8-10(12)11(14(2)13-8)15-7-9-5-3-4-6-9/h9H,3-7,12H2,1-2H3. The van der Waals surface area contributed by atoms with Crippen molar-refractivity contribution >= 4 is 17.4 Å². The summed E-state index contributed by atoms with van der Waals surface area (Å²) in [5.74, 6) is 2.09. The summed E-state index contributed by atoms with van der Waals surface area (Å²) in [5, 5.41) is 5.46. The largest absolute Gasteiger partial charge is 0.395 e. The molecule has 1 heterocycles. The van der Waals surface area contributed by atoms with Gasteiger partial charge in [0.15, 0.2) is 0 Å². The first kappa shape index (κ1) is 10.9. The molecular formula is C11H19N3S. The van der Waals surface area contributed by atoms with Crippen LogP contribution in [0.2, 0.25) is 0 Å². The van der Waals surface area contributed by atoms with E-state index < -0.39 is 0 Å². The molecule has 0 radical (unpaired) electrons. The molecule has 0 aromatic carbocycles. The minimum Gasteiger partial charge on any atom is -0.395 e. The van der Waals surface area contributed by atoms with Crippen molar-refractivity contribution < 1.29 is 0 Å². The molecule has 1 aromatic heterocycles. The van der Waals surface area contributed by atoms with Gasteiger partial charge in [-0.05, 0) is 25.7 Å². The summed E-state index contributed by atoms with van der Waals surface area (Å²) < 4.78 is 1.91. The second-order valence-electron chi connectivity index (χ2n) is 4.39. The van der Waals surface area contributed by atoms with Gasteiger partial charge in [0.05, 0.1) is 11.4 Å². The van der Waals surface area contributed by atoms with Gasteiger partial charge in [0.1, 0.15) is 5.03 Å². The molecule has 0 amide bonds. The van der Waals surface area contributed by atoms with Crippen LogP contribution < -0.4 is 5.73 Å². The Bertz CT molecular complexity index is 340. The van der Waals surface area contributed by atoms with Gasteiger partial charge < -0.3 is 5.73 Å². The van der Waals surface area contributed by atoms with Crippen molar-refractivity contribution in [2.75, 3.05) is 11.5 Å². The summed E-state index contributed by atoms with van der Waals surface area (Å²) in [4.78, 5) is 0. The molecule has 1 aromatic rings. The van der Waals surface area contributed by atoms with E-state index >= 15 is 0 Å². The van der Waals surface area contributed by atoms with Gasteiger partial charge in [-0.25, -0.2) is 0 Å². The highest BCUT2D eigenvalue weighted by molar-refractivity contribution is 7.99. The van der Waals surface area contributed by atoms with Crippen LogP contribution in [0, 0.1) is 12.8 Å². The Labute approximate surface area is 95.4 Å². The van der Waals surface area contributed by atoms with Crippen molar-refractivity contribution in [2.24, 2.45) is 13.0 Å². The van der Waals surface area contributed by atoms with Gasteiger partial charge >= 0.3 is 0 Å². The second kappa shape index (κ2) is 4.47. The van der Waals surface area contributed by atoms with E-state index in [1.165, 1.54) is 31.4 Å². The third kappa shape index (κ3) is 2.30. The molecule has 3 nitrogen and oxygen atoms in total. The number of aromatic nitrogens is 2. The van der Waals surface area contributed by atoms with Crippen LogP contribution in [0.15, 0.2) is 5.03 Å². The Morgan fingerprint density at radius 3 is 2.67 bits per heavy atom. The van der Waals surface area contributed by atoms with Gasteiger partial charge in [-0.2, -0.15) is 5.10 Å². The van der Waals surface area contributed by atoms with Crippen LogP contribution >= 0.6 is 11.8 Å². The topological polar surface area (TPSA) is 43.8 Å². The highest BCUT2D eigenvalue weighted by Crippen LogP contribution is 2.33. The number of hydrogen-bond acceptors (Lipinski definition) is 3. The number of anilines is 1. The lowest BCUT2D eigenvalue weighted by molar-refractivity contribution is 0.620. The van der Waals surface area contributed by atoms with Crippen molar-refractivity contribution in [1.82, 2.24) is 9.78 Å². The van der Waals surface area contributed by atoms with Gasteiger partial charge in [-0.3, -0.25) is 4.68 Å². The van der Waals surface area contributed by atoms with Crippen LogP contribution in [0.25, 0.3) is 0 Å². The maximum Gasteiger partial charge on any atom is 0.117 e. The average Bonchev–Trinajstić information content (AvgIpc) is 2.76. The molecule has 1 aliphatic carbocycles. The van der Waals surface area contributed by atoms with Crippen LogP contribution in [0.1, 0.15) is 31.4 Å². The van der Waals surface area contributed by atoms with Crippen molar-refractivity contribution in [3.8, 4) is 0 Å². The molecule has 84 valence electrons. The second-order valence-corrected chi connectivity index (χ2v) is 5.40. The van der Waals surface area contributed by atoms with E-state index in [4.69, 9.17) is 5.73 Å². The van der Waals surface area contributed by atoms with E-state index in [-0.39, 0.29) is 0 Å². The lowest BCUT2D eigenvalue weighted by Gasteiger charge is -2.08. The molecule has 2 rings (SSSR count). The number of nitrogen functional groups attached to an aromatic ring is 1. The fourth-order valence-electron chi connectivity index (χ4n) is 2.20. The fourth-order valence-corrected chi connectivity index (χ4v) is 3.46. The Kier molecular flexibility index (Phi) is 3.24. The Balaban J connectivity index is 1.97. The van der Waals surface area contributed by atoms with Crippen LogP contribution in [-0.4, -0.2) is 15.5 Å². The molecule has 0 atom stereocenters. The summed E-state index contributed by atoms with van der Waals surface area (Å²) >= 11 is 1.87. The molecule has 1 aliphatic rings. The summed E-state index contributed by atoms with van der Waals surface area (Å²) in [6.45, 7) is 1.97. The zero-order chi connectivity index (χ0) is 10.8. The van der Waals surface area contributed by atoms with Gasteiger partial charge in [-0.1, -0.05) is 12.8 Å². The van der Waals surface area contributed by atoms with Crippen molar-refractivity contribution in [2.45, 2.75) is 37.6 Å². The van der Waals surface area contributed by atoms with Crippen molar-refractivity contribution in [1.29, 1.82) is 0 Å². The first-order valence-corrected chi connectivity index (χ1v) is 6.59. The van der Waals surface area contributed by atoms with Crippen LogP contribution in [0.5, 0.6) is 0 Å². The summed E-state index contributed by atoms with van der Waals surface area (Å²) in [6.07, 6.45) is 5.60. The average molecular weight is 225 g/mol. The predicted octanol–water partition coefficient (Wildman–Crippen LogP) is 2.59. The number of hydrogen-bond donors (Lipinski definition) is 1. The first-order valence-electron chi connectivity index (χ1n) is 5.60. The number of aryl methyl sites for hydroxylation is 2. The minimum absolute atomic E-state index is 0.862. The molecule has 0 spiro atoms. The first-order chi connectivity index (χ1) is 7.18. The highest BCUT2D eigenvalue weighted by atomic mass is 32.2. The molecule has 0 saturated heterocycles. The zero-order valence-corrected chi connectivity index (χ0v) is 10.3. The molecule has 0 unspecified atom stereocenters. The van der Waals surface area contributed by atoms with Gasteiger partial charge in [0.25, 0.3) is 0 Å². The van der Waals surface area contributed by atoms with E-state index in [2.05, 4.69) is 5.10 Å². The van der Waals surface area contributed by atoms with Gasteiger partial charge in [0.2, 0.25) is 0 Å². The van der Waals surface area contributed by atoms with E-state index in [0.29, 0.717) is 0 Å². The minimum atomic E-state index is 0.862. The molecule has 2 N–H and O–H groups in total. The van der Waals surface area contributed by atoms with E-state index in [1.54, 1.807) is 0 Å². The highest BCUT2D eigenvalue weighted by Gasteiger charge is 2.17. The number of thioether (sulfide) groups is 1. The van der Waals surface area contributed by atoms with Crippen LogP contribution in [0.3, 0.4) is 0 Å². The number of rotatable bonds is 3. The maximum absolute atomic E-state index is 5.98. The molecule has 1 fully saturated rings. The van der Waals surface area contributed by atoms with E-state index in [1.807, 2.05) is 30.4 Å². The lowest BCUT2D eigenvalue weighted by atomic mass is 10.1. The Morgan fingerprint density at radius 1 is 1.47 bits per heavy atom. The van der Waals surface area contributed by atoms with Crippen LogP contribution in [-0.2, 0) is 7.05 Å². The predicted molar refractivity (Wildman–Crippen MR) is 65.0 cm³/mol. The monoisotopic (exact) mass is 225 g/mol. The lowest BCUT2D eigenvalue weighted by Crippen LogP contribution is -2.00. The van der Waals surface area contributed by atoms with Gasteiger partial charge in [0, 0.05) is 12.8 Å². The van der Waals surface area contributed by atoms with Crippen molar-refractivity contribution in [3.63, 3.8) is 0 Å². The molecule has 0 bridgehead atoms. The molecule has 4 heteroatoms. The Hall–Kier alpha value is -0.640. The molecular weight excluding hydrogens is 206 g/mol. The van der Waals surface area contributed by atoms with E-state index in [9.17, 15) is 0 Å². The quantitative estimate of drug-likeness (QED) is 0.804. The third-order valence-electron chi connectivity index (χ3n) is 3.14. The van der Waals surface area contributed by atoms with Gasteiger partial charge in [-0.15, -0.1) is 11.8 Å². The van der Waals surface area contributed by atoms with Crippen molar-refractivity contribution in [3.05, 3.63) is 5.69 Å². The normalized spacial score (nSPS) is 17.5. The summed E-state index contributed by atoms with van der Waals surface area (Å²) in [5.41, 5.74) is 7.80. The number of nitrogens with two attached hydrogens (primary N) is 1. The fraction of sp³-hybridized carbons (Fsp3) is 0.727.